The highest BCUT2D eigenvalue weighted by atomic mass is 16.2. The molecule has 0 bridgehead atoms. The summed E-state index contributed by atoms with van der Waals surface area (Å²) in [5, 5.41) is 0. The van der Waals surface area contributed by atoms with Gasteiger partial charge in [0, 0.05) is 74.8 Å². The maximum atomic E-state index is 12.0. The van der Waals surface area contributed by atoms with Gasteiger partial charge in [-0.25, -0.2) is 0 Å². The van der Waals surface area contributed by atoms with Gasteiger partial charge in [0.15, 0.2) is 0 Å². The van der Waals surface area contributed by atoms with Crippen LogP contribution in [0.5, 0.6) is 0 Å². The lowest BCUT2D eigenvalue weighted by Crippen LogP contribution is -2.32. The van der Waals surface area contributed by atoms with Gasteiger partial charge in [-0.1, -0.05) is 25.7 Å². The fourth-order valence-electron chi connectivity index (χ4n) is 6.44. The molecule has 45 heavy (non-hydrogen) atoms. The first-order chi connectivity index (χ1) is 21.6. The van der Waals surface area contributed by atoms with E-state index in [1.54, 1.807) is 0 Å². The van der Waals surface area contributed by atoms with Gasteiger partial charge in [-0.15, -0.1) is 0 Å². The lowest BCUT2D eigenvalue weighted by Gasteiger charge is -2.35. The van der Waals surface area contributed by atoms with Gasteiger partial charge >= 0.3 is 0 Å². The molecule has 4 rings (SSSR count). The molecule has 4 heterocycles. The number of rotatable bonds is 20. The first-order valence-corrected chi connectivity index (χ1v) is 15.7. The van der Waals surface area contributed by atoms with Crippen molar-refractivity contribution < 1.29 is 38.4 Å². The lowest BCUT2D eigenvalue weighted by molar-refractivity contribution is -0.138. The molecular formula is C33H40N4O8. The normalized spacial score (nSPS) is 18.1. The summed E-state index contributed by atoms with van der Waals surface area (Å²) in [7, 11) is 0. The summed E-state index contributed by atoms with van der Waals surface area (Å²) in [5.41, 5.74) is -0.177. The fraction of sp³-hybridized carbons (Fsp3) is 0.515. The van der Waals surface area contributed by atoms with E-state index >= 15 is 0 Å². The zero-order valence-corrected chi connectivity index (χ0v) is 25.5. The van der Waals surface area contributed by atoms with Crippen molar-refractivity contribution in [2.24, 2.45) is 5.41 Å². The van der Waals surface area contributed by atoms with E-state index in [-0.39, 0.29) is 52.7 Å². The van der Waals surface area contributed by atoms with Gasteiger partial charge in [0.05, 0.1) is 0 Å². The van der Waals surface area contributed by atoms with E-state index in [9.17, 15) is 38.4 Å². The molecule has 0 aromatic carbocycles. The molecule has 0 N–H and O–H groups in total. The second-order valence-electron chi connectivity index (χ2n) is 12.0. The third-order valence-corrected chi connectivity index (χ3v) is 8.96. The van der Waals surface area contributed by atoms with Gasteiger partial charge in [0.1, 0.15) is 0 Å². The molecule has 4 aliphatic heterocycles. The van der Waals surface area contributed by atoms with E-state index in [0.29, 0.717) is 51.9 Å². The van der Waals surface area contributed by atoms with Crippen LogP contribution in [0.2, 0.25) is 0 Å². The highest BCUT2D eigenvalue weighted by molar-refractivity contribution is 6.14. The molecule has 0 unspecified atom stereocenters. The van der Waals surface area contributed by atoms with Crippen molar-refractivity contribution >= 4 is 47.3 Å². The first kappa shape index (κ1) is 33.4. The molecule has 0 radical (unpaired) electrons. The Morgan fingerprint density at radius 1 is 0.311 bits per heavy atom. The van der Waals surface area contributed by atoms with Crippen LogP contribution in [0.3, 0.4) is 0 Å². The molecule has 0 saturated carbocycles. The lowest BCUT2D eigenvalue weighted by atomic mass is 9.71. The molecule has 0 atom stereocenters. The maximum absolute atomic E-state index is 12.0. The second-order valence-corrected chi connectivity index (χ2v) is 12.0. The Morgan fingerprint density at radius 3 is 0.667 bits per heavy atom. The van der Waals surface area contributed by atoms with Gasteiger partial charge in [-0.3, -0.25) is 58.0 Å². The van der Waals surface area contributed by atoms with Crippen LogP contribution in [0.4, 0.5) is 0 Å². The summed E-state index contributed by atoms with van der Waals surface area (Å²) in [5.74, 6) is -2.50. The Hall–Kier alpha value is -4.48. The van der Waals surface area contributed by atoms with E-state index in [0.717, 1.165) is 51.4 Å². The third-order valence-electron chi connectivity index (χ3n) is 8.96. The van der Waals surface area contributed by atoms with E-state index < -0.39 is 0 Å². The highest BCUT2D eigenvalue weighted by Gasteiger charge is 2.31. The number of nitrogens with zero attached hydrogens (tertiary/aromatic N) is 4. The quantitative estimate of drug-likeness (QED) is 0.149. The largest absolute Gasteiger partial charge is 0.275 e. The Labute approximate surface area is 262 Å². The predicted molar refractivity (Wildman–Crippen MR) is 161 cm³/mol. The summed E-state index contributed by atoms with van der Waals surface area (Å²) in [6.07, 6.45) is 18.9. The Balaban J connectivity index is 1.38. The standard InChI is InChI=1S/C33H40N4O8/c38-25-9-10-26(39)34(25)21-5-1-17-33(18-2-6-22-35-27(40)11-12-28(35)41,19-3-7-23-36-29(42)13-14-30(36)43)20-4-8-24-37-31(44)15-16-32(37)45/h9-16H,1-8,17-24H2. The number of unbranched alkanes of at least 4 members (excludes halogenated alkanes) is 4. The van der Waals surface area contributed by atoms with Gasteiger partial charge in [-0.05, 0) is 56.8 Å². The van der Waals surface area contributed by atoms with Crippen LogP contribution < -0.4 is 0 Å². The van der Waals surface area contributed by atoms with Crippen LogP contribution in [0.15, 0.2) is 48.6 Å². The molecule has 0 aromatic rings. The minimum atomic E-state index is -0.312. The summed E-state index contributed by atoms with van der Waals surface area (Å²) >= 11 is 0. The predicted octanol–water partition coefficient (Wildman–Crippen LogP) is 2.35. The molecule has 12 heteroatoms. The van der Waals surface area contributed by atoms with Crippen LogP contribution in [-0.4, -0.2) is 93.0 Å². The van der Waals surface area contributed by atoms with Crippen molar-refractivity contribution in [2.45, 2.75) is 77.0 Å². The van der Waals surface area contributed by atoms with Crippen LogP contribution in [0, 0.1) is 5.41 Å². The summed E-state index contributed by atoms with van der Waals surface area (Å²) in [4.78, 5) is 101. The molecule has 0 spiro atoms. The van der Waals surface area contributed by atoms with E-state index in [1.807, 2.05) is 0 Å². The maximum Gasteiger partial charge on any atom is 0.253 e. The van der Waals surface area contributed by atoms with Crippen molar-refractivity contribution in [1.82, 2.24) is 19.6 Å². The molecule has 4 aliphatic rings. The molecule has 240 valence electrons. The second kappa shape index (κ2) is 15.5. The smallest absolute Gasteiger partial charge is 0.253 e. The summed E-state index contributed by atoms with van der Waals surface area (Å²) < 4.78 is 0. The molecule has 0 aliphatic carbocycles. The van der Waals surface area contributed by atoms with Crippen LogP contribution in [0.1, 0.15) is 77.0 Å². The molecule has 8 amide bonds. The van der Waals surface area contributed by atoms with E-state index in [1.165, 1.54) is 68.2 Å². The fourth-order valence-corrected chi connectivity index (χ4v) is 6.44. The zero-order chi connectivity index (χ0) is 32.4. The van der Waals surface area contributed by atoms with Gasteiger partial charge in [0.25, 0.3) is 47.3 Å². The van der Waals surface area contributed by atoms with E-state index in [4.69, 9.17) is 0 Å². The zero-order valence-electron chi connectivity index (χ0n) is 25.5. The first-order valence-electron chi connectivity index (χ1n) is 15.7. The number of carbonyl (C=O) groups is 8. The Kier molecular flexibility index (Phi) is 11.5. The number of hydrogen-bond donors (Lipinski definition) is 0. The highest BCUT2D eigenvalue weighted by Crippen LogP contribution is 2.41. The topological polar surface area (TPSA) is 150 Å². The number of hydrogen-bond acceptors (Lipinski definition) is 8. The minimum absolute atomic E-state index is 0.177. The molecular weight excluding hydrogens is 580 g/mol. The Bertz CT molecular complexity index is 1080. The van der Waals surface area contributed by atoms with Crippen molar-refractivity contribution in [3.05, 3.63) is 48.6 Å². The van der Waals surface area contributed by atoms with Crippen molar-refractivity contribution in [3.63, 3.8) is 0 Å². The van der Waals surface area contributed by atoms with Crippen LogP contribution >= 0.6 is 0 Å². The van der Waals surface area contributed by atoms with Gasteiger partial charge in [-0.2, -0.15) is 0 Å². The van der Waals surface area contributed by atoms with Gasteiger partial charge < -0.3 is 0 Å². The SMILES string of the molecule is O=C1C=CC(=O)N1CCCCC(CCCCN1C(=O)C=CC1=O)(CCCCN1C(=O)C=CC1=O)CCCCN1C(=O)C=CC1=O. The number of carbonyl (C=O) groups excluding carboxylic acids is 8. The van der Waals surface area contributed by atoms with Crippen LogP contribution in [0.25, 0.3) is 0 Å². The monoisotopic (exact) mass is 620 g/mol. The minimum Gasteiger partial charge on any atom is -0.275 e. The molecule has 12 nitrogen and oxygen atoms in total. The average Bonchev–Trinajstić information content (AvgIpc) is 3.72. The molecule has 0 fully saturated rings. The summed E-state index contributed by atoms with van der Waals surface area (Å²) in [6.45, 7) is 1.30. The average molecular weight is 621 g/mol. The van der Waals surface area contributed by atoms with Crippen molar-refractivity contribution in [2.75, 3.05) is 26.2 Å². The number of amides is 8. The van der Waals surface area contributed by atoms with Crippen LogP contribution in [-0.2, 0) is 38.4 Å². The summed E-state index contributed by atoms with van der Waals surface area (Å²) in [6, 6.07) is 0. The van der Waals surface area contributed by atoms with Crippen molar-refractivity contribution in [3.8, 4) is 0 Å². The molecule has 0 aromatic heterocycles. The molecule has 0 saturated heterocycles. The van der Waals surface area contributed by atoms with E-state index in [2.05, 4.69) is 0 Å². The van der Waals surface area contributed by atoms with Gasteiger partial charge in [0.2, 0.25) is 0 Å². The Morgan fingerprint density at radius 2 is 0.489 bits per heavy atom. The third kappa shape index (κ3) is 8.80. The van der Waals surface area contributed by atoms with Crippen molar-refractivity contribution in [1.29, 1.82) is 0 Å². The number of imide groups is 4.